The molecule has 19 heavy (non-hydrogen) atoms. The van der Waals surface area contributed by atoms with Gasteiger partial charge in [-0.3, -0.25) is 0 Å². The minimum atomic E-state index is -1.11. The molecule has 1 aromatic carbocycles. The van der Waals surface area contributed by atoms with Crippen LogP contribution in [0.15, 0.2) is 29.0 Å². The number of hydrogen-bond acceptors (Lipinski definition) is 2. The molecule has 102 valence electrons. The molecule has 0 amide bonds. The van der Waals surface area contributed by atoms with Crippen LogP contribution < -0.4 is 0 Å². The molecule has 1 atom stereocenters. The van der Waals surface area contributed by atoms with Crippen LogP contribution in [0.4, 0.5) is 8.78 Å². The summed E-state index contributed by atoms with van der Waals surface area (Å²) in [7, 11) is 0. The van der Waals surface area contributed by atoms with Crippen molar-refractivity contribution < 1.29 is 13.9 Å². The van der Waals surface area contributed by atoms with Gasteiger partial charge >= 0.3 is 0 Å². The van der Waals surface area contributed by atoms with Crippen LogP contribution in [0.3, 0.4) is 0 Å². The standard InChI is InChI=1S/C13H13BrF2N2O/c1-2-6-18-7-5-17-13(18)12(19)8-3-4-9(15)11(16)10(8)14/h3-5,7,12,19H,2,6H2,1H3. The van der Waals surface area contributed by atoms with Crippen LogP contribution in [0.25, 0.3) is 0 Å². The van der Waals surface area contributed by atoms with Gasteiger partial charge in [-0.15, -0.1) is 0 Å². The van der Waals surface area contributed by atoms with Crippen LogP contribution in [0, 0.1) is 11.6 Å². The fourth-order valence-corrected chi connectivity index (χ4v) is 2.43. The highest BCUT2D eigenvalue weighted by atomic mass is 79.9. The largest absolute Gasteiger partial charge is 0.380 e. The van der Waals surface area contributed by atoms with Crippen molar-refractivity contribution in [3.05, 3.63) is 52.0 Å². The molecule has 1 aromatic heterocycles. The topological polar surface area (TPSA) is 38.0 Å². The Labute approximate surface area is 118 Å². The molecule has 0 aliphatic rings. The number of halogens is 3. The molecule has 2 aromatic rings. The van der Waals surface area contributed by atoms with Crippen LogP contribution in [0.1, 0.15) is 30.8 Å². The number of aromatic nitrogens is 2. The number of imidazole rings is 1. The third-order valence-electron chi connectivity index (χ3n) is 2.82. The summed E-state index contributed by atoms with van der Waals surface area (Å²) in [4.78, 5) is 4.08. The van der Waals surface area contributed by atoms with E-state index in [0.29, 0.717) is 12.4 Å². The molecular weight excluding hydrogens is 318 g/mol. The van der Waals surface area contributed by atoms with Gasteiger partial charge in [0.2, 0.25) is 0 Å². The summed E-state index contributed by atoms with van der Waals surface area (Å²) in [6.45, 7) is 2.71. The summed E-state index contributed by atoms with van der Waals surface area (Å²) in [5, 5.41) is 10.3. The Morgan fingerprint density at radius 2 is 2.16 bits per heavy atom. The van der Waals surface area contributed by atoms with Crippen LogP contribution in [0.2, 0.25) is 0 Å². The van der Waals surface area contributed by atoms with E-state index in [2.05, 4.69) is 20.9 Å². The minimum absolute atomic E-state index is 0.0777. The monoisotopic (exact) mass is 330 g/mol. The molecule has 2 rings (SSSR count). The van der Waals surface area contributed by atoms with Gasteiger partial charge in [0.1, 0.15) is 11.9 Å². The molecule has 6 heteroatoms. The lowest BCUT2D eigenvalue weighted by Gasteiger charge is -2.15. The summed E-state index contributed by atoms with van der Waals surface area (Å²) >= 11 is 2.97. The Hall–Kier alpha value is -1.27. The number of hydrogen-bond donors (Lipinski definition) is 1. The molecule has 0 aliphatic carbocycles. The van der Waals surface area contributed by atoms with Gasteiger partial charge in [-0.25, -0.2) is 13.8 Å². The lowest BCUT2D eigenvalue weighted by molar-refractivity contribution is 0.202. The zero-order chi connectivity index (χ0) is 14.0. The second-order valence-electron chi connectivity index (χ2n) is 4.15. The van der Waals surface area contributed by atoms with Crippen molar-refractivity contribution in [1.29, 1.82) is 0 Å². The zero-order valence-corrected chi connectivity index (χ0v) is 11.9. The van der Waals surface area contributed by atoms with E-state index in [1.165, 1.54) is 6.07 Å². The molecule has 0 fully saturated rings. The summed E-state index contributed by atoms with van der Waals surface area (Å²) in [6.07, 6.45) is 3.10. The van der Waals surface area contributed by atoms with Gasteiger partial charge < -0.3 is 9.67 Å². The molecule has 0 bridgehead atoms. The summed E-state index contributed by atoms with van der Waals surface area (Å²) < 4.78 is 28.3. The molecule has 1 heterocycles. The Morgan fingerprint density at radius 1 is 1.42 bits per heavy atom. The van der Waals surface area contributed by atoms with Crippen molar-refractivity contribution in [3.63, 3.8) is 0 Å². The van der Waals surface area contributed by atoms with E-state index in [0.717, 1.165) is 12.5 Å². The van der Waals surface area contributed by atoms with E-state index >= 15 is 0 Å². The zero-order valence-electron chi connectivity index (χ0n) is 10.3. The number of aryl methyl sites for hydroxylation is 1. The quantitative estimate of drug-likeness (QED) is 0.872. The van der Waals surface area contributed by atoms with Crippen LogP contribution in [0.5, 0.6) is 0 Å². The number of nitrogens with zero attached hydrogens (tertiary/aromatic N) is 2. The molecule has 1 N–H and O–H groups in total. The molecule has 0 saturated carbocycles. The first-order valence-corrected chi connectivity index (χ1v) is 6.68. The normalized spacial score (nSPS) is 12.7. The van der Waals surface area contributed by atoms with Gasteiger partial charge in [-0.05, 0) is 28.4 Å². The smallest absolute Gasteiger partial charge is 0.173 e. The minimum Gasteiger partial charge on any atom is -0.380 e. The molecule has 0 saturated heterocycles. The first-order chi connectivity index (χ1) is 9.06. The molecule has 1 unspecified atom stereocenters. The fourth-order valence-electron chi connectivity index (χ4n) is 1.89. The van der Waals surface area contributed by atoms with Gasteiger partial charge in [0, 0.05) is 24.5 Å². The van der Waals surface area contributed by atoms with Gasteiger partial charge in [0.25, 0.3) is 0 Å². The predicted molar refractivity (Wildman–Crippen MR) is 70.6 cm³/mol. The molecule has 3 nitrogen and oxygen atoms in total. The lowest BCUT2D eigenvalue weighted by atomic mass is 10.1. The molecular formula is C13H13BrF2N2O. The van der Waals surface area contributed by atoms with Crippen molar-refractivity contribution in [3.8, 4) is 0 Å². The Bertz CT molecular complexity index is 586. The van der Waals surface area contributed by atoms with Crippen LogP contribution >= 0.6 is 15.9 Å². The maximum absolute atomic E-state index is 13.5. The second kappa shape index (κ2) is 5.79. The maximum atomic E-state index is 13.5. The maximum Gasteiger partial charge on any atom is 0.173 e. The van der Waals surface area contributed by atoms with E-state index in [1.54, 1.807) is 17.0 Å². The van der Waals surface area contributed by atoms with E-state index in [1.807, 2.05) is 6.92 Å². The third kappa shape index (κ3) is 2.69. The fraction of sp³-hybridized carbons (Fsp3) is 0.308. The number of rotatable bonds is 4. The first-order valence-electron chi connectivity index (χ1n) is 5.88. The number of aliphatic hydroxyl groups excluding tert-OH is 1. The third-order valence-corrected chi connectivity index (χ3v) is 3.62. The van der Waals surface area contributed by atoms with E-state index < -0.39 is 17.7 Å². The first kappa shape index (κ1) is 14.1. The molecule has 0 aliphatic heterocycles. The van der Waals surface area contributed by atoms with Gasteiger partial charge in [0.05, 0.1) is 4.47 Å². The summed E-state index contributed by atoms with van der Waals surface area (Å²) in [5.74, 6) is -1.56. The van der Waals surface area contributed by atoms with E-state index in [9.17, 15) is 13.9 Å². The second-order valence-corrected chi connectivity index (χ2v) is 4.94. The Balaban J connectivity index is 2.41. The predicted octanol–water partition coefficient (Wildman–Crippen LogP) is 3.42. The molecule has 0 radical (unpaired) electrons. The number of benzene rings is 1. The Morgan fingerprint density at radius 3 is 2.84 bits per heavy atom. The van der Waals surface area contributed by atoms with Crippen molar-refractivity contribution in [2.45, 2.75) is 26.0 Å². The average molecular weight is 331 g/mol. The highest BCUT2D eigenvalue weighted by Gasteiger charge is 2.21. The van der Waals surface area contributed by atoms with Gasteiger partial charge in [0.15, 0.2) is 11.6 Å². The van der Waals surface area contributed by atoms with Crippen molar-refractivity contribution >= 4 is 15.9 Å². The van der Waals surface area contributed by atoms with Gasteiger partial charge in [-0.2, -0.15) is 0 Å². The lowest BCUT2D eigenvalue weighted by Crippen LogP contribution is -2.11. The summed E-state index contributed by atoms with van der Waals surface area (Å²) in [6, 6.07) is 2.34. The highest BCUT2D eigenvalue weighted by Crippen LogP contribution is 2.31. The van der Waals surface area contributed by atoms with Gasteiger partial charge in [-0.1, -0.05) is 13.0 Å². The van der Waals surface area contributed by atoms with Crippen molar-refractivity contribution in [1.82, 2.24) is 9.55 Å². The van der Waals surface area contributed by atoms with Crippen molar-refractivity contribution in [2.24, 2.45) is 0 Å². The van der Waals surface area contributed by atoms with Crippen LogP contribution in [-0.2, 0) is 6.54 Å². The SMILES string of the molecule is CCCn1ccnc1C(O)c1ccc(F)c(F)c1Br. The average Bonchev–Trinajstić information content (AvgIpc) is 2.84. The van der Waals surface area contributed by atoms with Crippen LogP contribution in [-0.4, -0.2) is 14.7 Å². The Kier molecular flexibility index (Phi) is 4.31. The van der Waals surface area contributed by atoms with Crippen molar-refractivity contribution in [2.75, 3.05) is 0 Å². The summed E-state index contributed by atoms with van der Waals surface area (Å²) in [5.41, 5.74) is 0.252. The molecule has 0 spiro atoms. The van der Waals surface area contributed by atoms with E-state index in [-0.39, 0.29) is 10.0 Å². The highest BCUT2D eigenvalue weighted by molar-refractivity contribution is 9.10. The van der Waals surface area contributed by atoms with E-state index in [4.69, 9.17) is 0 Å². The number of aliphatic hydroxyl groups is 1.